The summed E-state index contributed by atoms with van der Waals surface area (Å²) in [5.41, 5.74) is 2.65. The van der Waals surface area contributed by atoms with E-state index in [1.54, 1.807) is 19.9 Å². The second-order valence-corrected chi connectivity index (χ2v) is 5.87. The fourth-order valence-electron chi connectivity index (χ4n) is 2.49. The van der Waals surface area contributed by atoms with E-state index in [1.165, 1.54) is 0 Å². The Labute approximate surface area is 113 Å². The highest BCUT2D eigenvalue weighted by Crippen LogP contribution is 2.26. The third kappa shape index (κ3) is 2.52. The highest BCUT2D eigenvalue weighted by molar-refractivity contribution is 7.85. The summed E-state index contributed by atoms with van der Waals surface area (Å²) >= 11 is 0. The molecule has 0 N–H and O–H groups in total. The second kappa shape index (κ2) is 4.75. The van der Waals surface area contributed by atoms with Crippen LogP contribution in [0.5, 0.6) is 0 Å². The molecule has 0 spiro atoms. The van der Waals surface area contributed by atoms with E-state index in [0.717, 1.165) is 11.3 Å². The minimum atomic E-state index is -4.47. The molecular weight excluding hydrogens is 262 g/mol. The van der Waals surface area contributed by atoms with Gasteiger partial charge in [-0.25, -0.2) is 8.42 Å². The van der Waals surface area contributed by atoms with Crippen molar-refractivity contribution in [3.05, 3.63) is 53.3 Å². The number of pyridine rings is 1. The first-order valence-corrected chi connectivity index (χ1v) is 7.26. The summed E-state index contributed by atoms with van der Waals surface area (Å²) < 4.78 is 36.0. The van der Waals surface area contributed by atoms with E-state index in [-0.39, 0.29) is 4.90 Å². The molecule has 0 aliphatic heterocycles. The summed E-state index contributed by atoms with van der Waals surface area (Å²) in [4.78, 5) is -0.121. The smallest absolute Gasteiger partial charge is 0.217 e. The predicted octanol–water partition coefficient (Wildman–Crippen LogP) is 1.79. The zero-order valence-electron chi connectivity index (χ0n) is 11.0. The summed E-state index contributed by atoms with van der Waals surface area (Å²) in [6.07, 6.45) is 3.65. The van der Waals surface area contributed by atoms with E-state index in [9.17, 15) is 13.0 Å². The second-order valence-electron chi connectivity index (χ2n) is 4.55. The Morgan fingerprint density at radius 1 is 1.00 bits per heavy atom. The van der Waals surface area contributed by atoms with Gasteiger partial charge in [-0.15, -0.1) is 0 Å². The molecule has 0 bridgehead atoms. The van der Waals surface area contributed by atoms with E-state index in [2.05, 4.69) is 0 Å². The Bertz CT molecular complexity index is 722. The van der Waals surface area contributed by atoms with Crippen LogP contribution in [-0.2, 0) is 10.1 Å². The SMILES string of the molecule is Cc1cc(C)c(S(=O)(=O)[O-])c(C)c1-[n+]1ccccc1. The molecule has 0 radical (unpaired) electrons. The first kappa shape index (κ1) is 13.7. The Balaban J connectivity index is 2.84. The van der Waals surface area contributed by atoms with Crippen LogP contribution in [0.15, 0.2) is 41.6 Å². The third-order valence-corrected chi connectivity index (χ3v) is 4.21. The number of hydrogen-bond acceptors (Lipinski definition) is 3. The van der Waals surface area contributed by atoms with E-state index < -0.39 is 10.1 Å². The molecule has 0 fully saturated rings. The Morgan fingerprint density at radius 2 is 1.58 bits per heavy atom. The van der Waals surface area contributed by atoms with Crippen LogP contribution in [0.4, 0.5) is 0 Å². The van der Waals surface area contributed by atoms with Gasteiger partial charge in [0.05, 0.1) is 4.90 Å². The van der Waals surface area contributed by atoms with Gasteiger partial charge in [-0.2, -0.15) is 4.57 Å². The normalized spacial score (nSPS) is 11.6. The third-order valence-electron chi connectivity index (χ3n) is 3.08. The van der Waals surface area contributed by atoms with E-state index in [4.69, 9.17) is 0 Å². The molecule has 100 valence electrons. The molecule has 0 aliphatic rings. The van der Waals surface area contributed by atoms with Crippen LogP contribution >= 0.6 is 0 Å². The first-order valence-electron chi connectivity index (χ1n) is 5.85. The molecule has 1 aromatic carbocycles. The summed E-state index contributed by atoms with van der Waals surface area (Å²) in [6, 6.07) is 7.31. The molecule has 0 atom stereocenters. The van der Waals surface area contributed by atoms with Crippen LogP contribution in [-0.4, -0.2) is 13.0 Å². The standard InChI is InChI=1S/C14H15NO3S/c1-10-9-11(2)14(19(16,17)18)12(3)13(10)15-7-5-4-6-8-15/h4-9H,1-3H3. The van der Waals surface area contributed by atoms with Gasteiger partial charge < -0.3 is 4.55 Å². The topological polar surface area (TPSA) is 61.1 Å². The first-order chi connectivity index (χ1) is 8.82. The molecule has 0 aliphatic carbocycles. The Morgan fingerprint density at radius 3 is 2.11 bits per heavy atom. The van der Waals surface area contributed by atoms with Crippen molar-refractivity contribution < 1.29 is 17.5 Å². The van der Waals surface area contributed by atoms with Gasteiger partial charge in [-0.1, -0.05) is 6.07 Å². The number of hydrogen-bond donors (Lipinski definition) is 0. The van der Waals surface area contributed by atoms with Gasteiger partial charge >= 0.3 is 0 Å². The van der Waals surface area contributed by atoms with Crippen LogP contribution in [0.2, 0.25) is 0 Å². The van der Waals surface area contributed by atoms with Gasteiger partial charge in [-0.3, -0.25) is 0 Å². The lowest BCUT2D eigenvalue weighted by Gasteiger charge is -2.16. The van der Waals surface area contributed by atoms with Gasteiger partial charge in [0.1, 0.15) is 10.1 Å². The van der Waals surface area contributed by atoms with E-state index in [0.29, 0.717) is 11.1 Å². The number of nitrogens with zero attached hydrogens (tertiary/aromatic N) is 1. The molecular formula is C14H15NO3S. The van der Waals surface area contributed by atoms with Crippen molar-refractivity contribution >= 4 is 10.1 Å². The maximum absolute atomic E-state index is 11.4. The number of aromatic nitrogens is 1. The fraction of sp³-hybridized carbons (Fsp3) is 0.214. The van der Waals surface area contributed by atoms with E-state index >= 15 is 0 Å². The minimum Gasteiger partial charge on any atom is -0.744 e. The van der Waals surface area contributed by atoms with Gasteiger partial charge in [0.15, 0.2) is 12.4 Å². The molecule has 0 unspecified atom stereocenters. The van der Waals surface area contributed by atoms with Crippen LogP contribution in [0.3, 0.4) is 0 Å². The van der Waals surface area contributed by atoms with Crippen molar-refractivity contribution in [2.75, 3.05) is 0 Å². The van der Waals surface area contributed by atoms with Crippen LogP contribution in [0.25, 0.3) is 5.69 Å². The lowest BCUT2D eigenvalue weighted by molar-refractivity contribution is -0.596. The lowest BCUT2D eigenvalue weighted by Crippen LogP contribution is -2.32. The molecule has 2 rings (SSSR count). The van der Waals surface area contributed by atoms with Crippen LogP contribution in [0.1, 0.15) is 16.7 Å². The molecule has 4 nitrogen and oxygen atoms in total. The number of benzene rings is 1. The fourth-order valence-corrected chi connectivity index (χ4v) is 3.41. The van der Waals surface area contributed by atoms with Crippen molar-refractivity contribution in [3.8, 4) is 5.69 Å². The van der Waals surface area contributed by atoms with Crippen molar-refractivity contribution in [3.63, 3.8) is 0 Å². The van der Waals surface area contributed by atoms with Gasteiger partial charge in [0.25, 0.3) is 0 Å². The van der Waals surface area contributed by atoms with Crippen molar-refractivity contribution in [2.45, 2.75) is 25.7 Å². The summed E-state index contributed by atoms with van der Waals surface area (Å²) in [5.74, 6) is 0. The summed E-state index contributed by atoms with van der Waals surface area (Å²) in [7, 11) is -4.47. The molecule has 1 aromatic heterocycles. The highest BCUT2D eigenvalue weighted by Gasteiger charge is 2.21. The quantitative estimate of drug-likeness (QED) is 0.621. The zero-order chi connectivity index (χ0) is 14.2. The highest BCUT2D eigenvalue weighted by atomic mass is 32.2. The molecule has 0 amide bonds. The van der Waals surface area contributed by atoms with Crippen molar-refractivity contribution in [2.24, 2.45) is 0 Å². The van der Waals surface area contributed by atoms with Crippen LogP contribution in [0, 0.1) is 20.8 Å². The Kier molecular flexibility index (Phi) is 3.43. The maximum atomic E-state index is 11.4. The van der Waals surface area contributed by atoms with Gasteiger partial charge in [0.2, 0.25) is 5.69 Å². The summed E-state index contributed by atoms with van der Waals surface area (Å²) in [6.45, 7) is 5.21. The monoisotopic (exact) mass is 277 g/mol. The lowest BCUT2D eigenvalue weighted by atomic mass is 10.0. The Hall–Kier alpha value is -1.72. The largest absolute Gasteiger partial charge is 0.744 e. The zero-order valence-corrected chi connectivity index (χ0v) is 11.9. The predicted molar refractivity (Wildman–Crippen MR) is 70.1 cm³/mol. The molecule has 5 heteroatoms. The molecule has 0 saturated heterocycles. The van der Waals surface area contributed by atoms with Crippen LogP contribution < -0.4 is 4.57 Å². The van der Waals surface area contributed by atoms with Gasteiger partial charge in [0, 0.05) is 23.3 Å². The number of rotatable bonds is 2. The maximum Gasteiger partial charge on any atom is 0.217 e. The molecule has 0 saturated carbocycles. The summed E-state index contributed by atoms with van der Waals surface area (Å²) in [5, 5.41) is 0. The van der Waals surface area contributed by atoms with Gasteiger partial charge in [-0.05, 0) is 32.4 Å². The number of aryl methyl sites for hydroxylation is 2. The average Bonchev–Trinajstić information content (AvgIpc) is 2.27. The molecule has 19 heavy (non-hydrogen) atoms. The minimum absolute atomic E-state index is 0.121. The molecule has 1 heterocycles. The van der Waals surface area contributed by atoms with Crippen molar-refractivity contribution in [1.29, 1.82) is 0 Å². The van der Waals surface area contributed by atoms with Crippen molar-refractivity contribution in [1.82, 2.24) is 0 Å². The van der Waals surface area contributed by atoms with E-state index in [1.807, 2.05) is 42.1 Å². The average molecular weight is 277 g/mol. The molecule has 2 aromatic rings.